The quantitative estimate of drug-likeness (QED) is 0.273. The van der Waals surface area contributed by atoms with E-state index < -0.39 is 0 Å². The van der Waals surface area contributed by atoms with E-state index in [9.17, 15) is 0 Å². The smallest absolute Gasteiger partial charge is 0.123 e. The van der Waals surface area contributed by atoms with Gasteiger partial charge in [-0.05, 0) is 59.9 Å². The number of ether oxygens (including phenoxy) is 1. The molecule has 0 spiro atoms. The Hall–Kier alpha value is -2.19. The molecule has 3 aromatic rings. The Balaban J connectivity index is -0.000000463. The summed E-state index contributed by atoms with van der Waals surface area (Å²) >= 11 is 2.00. The molecule has 2 heteroatoms. The van der Waals surface area contributed by atoms with Gasteiger partial charge in [0.15, 0.2) is 0 Å². The van der Waals surface area contributed by atoms with Crippen LogP contribution in [0.1, 0.15) is 126 Å². The van der Waals surface area contributed by atoms with Gasteiger partial charge in [-0.3, -0.25) is 0 Å². The molecule has 222 valence electrons. The minimum atomic E-state index is 0. The Labute approximate surface area is 249 Å². The second-order valence-corrected chi connectivity index (χ2v) is 11.4. The molecule has 0 N–H and O–H groups in total. The molecule has 0 bridgehead atoms. The average molecular weight is 555 g/mol. The molecule has 0 amide bonds. The number of rotatable bonds is 0. The van der Waals surface area contributed by atoms with Gasteiger partial charge in [0.05, 0.1) is 0 Å². The molecule has 0 fully saturated rings. The van der Waals surface area contributed by atoms with E-state index in [1.54, 1.807) is 11.1 Å². The van der Waals surface area contributed by atoms with Crippen LogP contribution < -0.4 is 4.74 Å². The van der Waals surface area contributed by atoms with Crippen LogP contribution in [-0.4, -0.2) is 11.4 Å². The maximum absolute atomic E-state index is 5.62. The van der Waals surface area contributed by atoms with E-state index in [4.69, 9.17) is 4.74 Å². The van der Waals surface area contributed by atoms with Gasteiger partial charge >= 0.3 is 0 Å². The van der Waals surface area contributed by atoms with E-state index in [0.717, 1.165) is 28.8 Å². The lowest BCUT2D eigenvalue weighted by atomic mass is 9.97. The van der Waals surface area contributed by atoms with Gasteiger partial charge in [-0.15, -0.1) is 11.8 Å². The molecule has 0 aromatic heterocycles. The molecule has 0 saturated carbocycles. The fourth-order valence-corrected chi connectivity index (χ4v) is 6.33. The molecule has 2 aliphatic heterocycles. The zero-order valence-corrected chi connectivity index (χ0v) is 21.7. The van der Waals surface area contributed by atoms with Crippen molar-refractivity contribution < 1.29 is 4.74 Å². The van der Waals surface area contributed by atoms with Crippen molar-refractivity contribution in [2.24, 2.45) is 5.92 Å². The third kappa shape index (κ3) is 9.17. The molecular formula is C37H62OS. The summed E-state index contributed by atoms with van der Waals surface area (Å²) in [5.74, 6) is 3.95. The maximum atomic E-state index is 5.62. The van der Waals surface area contributed by atoms with Gasteiger partial charge in [-0.25, -0.2) is 0 Å². The van der Waals surface area contributed by atoms with Gasteiger partial charge in [0.2, 0.25) is 0 Å². The van der Waals surface area contributed by atoms with Gasteiger partial charge in [-0.2, -0.15) is 0 Å². The predicted molar refractivity (Wildman–Crippen MR) is 183 cm³/mol. The zero-order chi connectivity index (χ0) is 23.5. The lowest BCUT2D eigenvalue weighted by Gasteiger charge is -2.08. The van der Waals surface area contributed by atoms with E-state index in [1.165, 1.54) is 22.4 Å². The lowest BCUT2D eigenvalue weighted by Crippen LogP contribution is -2.10. The Morgan fingerprint density at radius 2 is 1.08 bits per heavy atom. The van der Waals surface area contributed by atoms with Crippen molar-refractivity contribution in [3.63, 3.8) is 0 Å². The largest absolute Gasteiger partial charge is 0.490 e. The van der Waals surface area contributed by atoms with Crippen LogP contribution >= 0.6 is 11.8 Å². The molecule has 6 atom stereocenters. The summed E-state index contributed by atoms with van der Waals surface area (Å²) in [6.45, 7) is 13.6. The maximum Gasteiger partial charge on any atom is 0.123 e. The van der Waals surface area contributed by atoms with E-state index >= 15 is 0 Å². The lowest BCUT2D eigenvalue weighted by molar-refractivity contribution is 0.232. The van der Waals surface area contributed by atoms with Crippen molar-refractivity contribution in [2.45, 2.75) is 127 Å². The number of hydrogen-bond acceptors (Lipinski definition) is 2. The number of benzene rings is 3. The summed E-state index contributed by atoms with van der Waals surface area (Å²) in [6, 6.07) is 25.8. The monoisotopic (exact) mass is 554 g/mol. The molecule has 2 heterocycles. The molecule has 39 heavy (non-hydrogen) atoms. The van der Waals surface area contributed by atoms with Crippen molar-refractivity contribution >= 4 is 11.8 Å². The highest BCUT2D eigenvalue weighted by Gasteiger charge is 2.27. The highest BCUT2D eigenvalue weighted by molar-refractivity contribution is 8.00. The average Bonchev–Trinajstić information content (AvgIpc) is 3.40. The summed E-state index contributed by atoms with van der Waals surface area (Å²) in [7, 11) is 0. The summed E-state index contributed by atoms with van der Waals surface area (Å²) in [5.41, 5.74) is 6.01. The molecule has 0 saturated heterocycles. The molecule has 3 aliphatic rings. The van der Waals surface area contributed by atoms with Crippen LogP contribution in [0.25, 0.3) is 0 Å². The van der Waals surface area contributed by atoms with E-state index in [1.807, 2.05) is 23.9 Å². The Kier molecular flexibility index (Phi) is 19.3. The number of hydrogen-bond donors (Lipinski definition) is 0. The molecule has 6 unspecified atom stereocenters. The van der Waals surface area contributed by atoms with Crippen LogP contribution in [0, 0.1) is 5.92 Å². The van der Waals surface area contributed by atoms with Crippen molar-refractivity contribution in [1.82, 2.24) is 0 Å². The van der Waals surface area contributed by atoms with Crippen molar-refractivity contribution in [3.8, 4) is 5.75 Å². The second kappa shape index (κ2) is 18.2. The minimum Gasteiger partial charge on any atom is -0.490 e. The Morgan fingerprint density at radius 1 is 0.564 bits per heavy atom. The first-order chi connectivity index (χ1) is 15.9. The third-order valence-corrected chi connectivity index (χ3v) is 9.20. The Morgan fingerprint density at radius 3 is 1.64 bits per heavy atom. The Bertz CT molecular complexity index is 938. The van der Waals surface area contributed by atoms with Gasteiger partial charge in [-0.1, -0.05) is 140 Å². The van der Waals surface area contributed by atoms with Crippen molar-refractivity contribution in [2.75, 3.05) is 0 Å². The van der Waals surface area contributed by atoms with E-state index in [0.29, 0.717) is 12.0 Å². The van der Waals surface area contributed by atoms with Crippen LogP contribution in [0.15, 0.2) is 77.7 Å². The summed E-state index contributed by atoms with van der Waals surface area (Å²) in [6.07, 6.45) is 1.62. The van der Waals surface area contributed by atoms with Crippen LogP contribution in [0.5, 0.6) is 5.75 Å². The number of thioether (sulfide) groups is 1. The van der Waals surface area contributed by atoms with Crippen molar-refractivity contribution in [3.05, 3.63) is 95.1 Å². The third-order valence-electron chi connectivity index (χ3n) is 7.79. The van der Waals surface area contributed by atoms with Gasteiger partial charge < -0.3 is 4.74 Å². The summed E-state index contributed by atoms with van der Waals surface area (Å²) in [4.78, 5) is 1.48. The van der Waals surface area contributed by atoms with Gasteiger partial charge in [0.25, 0.3) is 0 Å². The zero-order valence-electron chi connectivity index (χ0n) is 20.9. The van der Waals surface area contributed by atoms with Crippen LogP contribution in [-0.2, 0) is 6.42 Å². The van der Waals surface area contributed by atoms with Crippen LogP contribution in [0.3, 0.4) is 0 Å². The molecule has 0 radical (unpaired) electrons. The SMILES string of the molecule is C.C.C.C.C.C.CC1Cc2ccccc2C1C.CC1Oc2ccccc2C1C.CC1Sc2ccccc2C1C. The summed E-state index contributed by atoms with van der Waals surface area (Å²) in [5, 5.41) is 0.757. The molecule has 3 aromatic carbocycles. The first-order valence-electron chi connectivity index (χ1n) is 12.5. The fourth-order valence-electron chi connectivity index (χ4n) is 5.03. The second-order valence-electron chi connectivity index (χ2n) is 9.97. The van der Waals surface area contributed by atoms with Crippen LogP contribution in [0.2, 0.25) is 0 Å². The highest BCUT2D eigenvalue weighted by atomic mass is 32.2. The molecule has 6 rings (SSSR count). The predicted octanol–water partition coefficient (Wildman–Crippen LogP) is 12.7. The van der Waals surface area contributed by atoms with E-state index in [2.05, 4.69) is 102 Å². The molecule has 1 aliphatic carbocycles. The van der Waals surface area contributed by atoms with E-state index in [-0.39, 0.29) is 44.6 Å². The van der Waals surface area contributed by atoms with Crippen LogP contribution in [0.4, 0.5) is 0 Å². The van der Waals surface area contributed by atoms with Crippen molar-refractivity contribution in [1.29, 1.82) is 0 Å². The first-order valence-corrected chi connectivity index (χ1v) is 13.3. The number of fused-ring (bicyclic) bond motifs is 3. The van der Waals surface area contributed by atoms with Gasteiger partial charge in [0.1, 0.15) is 11.9 Å². The number of para-hydroxylation sites is 1. The normalized spacial score (nSPS) is 23.9. The fraction of sp³-hybridized carbons (Fsp3) is 0.514. The summed E-state index contributed by atoms with van der Waals surface area (Å²) < 4.78 is 5.62. The first kappa shape index (κ1) is 41.3. The van der Waals surface area contributed by atoms with Gasteiger partial charge in [0, 0.05) is 21.6 Å². The molecule has 1 nitrogen and oxygen atoms in total. The molecular weight excluding hydrogens is 492 g/mol. The highest BCUT2D eigenvalue weighted by Crippen LogP contribution is 2.44. The minimum absolute atomic E-state index is 0. The standard InChI is InChI=1S/C11H14.C10H12O.C10H12S.6CH4/c1-8-7-10-5-3-4-6-11(10)9(8)2;2*1-7-8(2)11-10-6-4-3-5-9(7)10;;;;;;/h3-6,8-9H,7H2,1-2H3;2*3-8H,1-2H3;6*1H4. The topological polar surface area (TPSA) is 9.23 Å².